The molecule has 0 aromatic carbocycles. The highest BCUT2D eigenvalue weighted by molar-refractivity contribution is 7.16. The minimum absolute atomic E-state index is 0.0296. The number of hydrogen-bond acceptors (Lipinski definition) is 3. The summed E-state index contributed by atoms with van der Waals surface area (Å²) in [4.78, 5) is 13.6. The highest BCUT2D eigenvalue weighted by Gasteiger charge is 2.34. The first-order valence-electron chi connectivity index (χ1n) is 8.46. The second kappa shape index (κ2) is 6.28. The summed E-state index contributed by atoms with van der Waals surface area (Å²) in [6, 6.07) is 2.32. The van der Waals surface area contributed by atoms with Crippen LogP contribution in [-0.2, 0) is 17.6 Å². The van der Waals surface area contributed by atoms with Gasteiger partial charge in [0.2, 0.25) is 5.91 Å². The van der Waals surface area contributed by atoms with E-state index in [2.05, 4.69) is 32.2 Å². The molecular formula is C19H28N2OS. The molecule has 1 amide bonds. The van der Waals surface area contributed by atoms with E-state index in [0.717, 1.165) is 30.7 Å². The lowest BCUT2D eigenvalue weighted by atomic mass is 9.69. The molecule has 4 heteroatoms. The molecule has 126 valence electrons. The van der Waals surface area contributed by atoms with Crippen LogP contribution in [0, 0.1) is 28.1 Å². The van der Waals surface area contributed by atoms with Crippen LogP contribution in [0.25, 0.3) is 0 Å². The third-order valence-corrected chi connectivity index (χ3v) is 6.47. The van der Waals surface area contributed by atoms with Crippen molar-refractivity contribution >= 4 is 22.2 Å². The van der Waals surface area contributed by atoms with Crippen molar-refractivity contribution in [3.8, 4) is 6.07 Å². The van der Waals surface area contributed by atoms with Crippen molar-refractivity contribution in [1.82, 2.24) is 0 Å². The van der Waals surface area contributed by atoms with E-state index in [9.17, 15) is 10.1 Å². The van der Waals surface area contributed by atoms with Crippen molar-refractivity contribution in [2.45, 2.75) is 67.2 Å². The van der Waals surface area contributed by atoms with E-state index in [1.54, 1.807) is 11.3 Å². The Labute approximate surface area is 144 Å². The fraction of sp³-hybridized carbons (Fsp3) is 0.684. The van der Waals surface area contributed by atoms with Gasteiger partial charge in [0, 0.05) is 10.3 Å². The molecule has 0 saturated heterocycles. The van der Waals surface area contributed by atoms with Crippen LogP contribution >= 0.6 is 11.3 Å². The van der Waals surface area contributed by atoms with Gasteiger partial charge < -0.3 is 5.32 Å². The molecule has 1 heterocycles. The zero-order valence-electron chi connectivity index (χ0n) is 15.2. The van der Waals surface area contributed by atoms with Gasteiger partial charge in [-0.15, -0.1) is 11.3 Å². The molecule has 1 aromatic rings. The molecule has 0 unspecified atom stereocenters. The molecule has 0 bridgehead atoms. The second-order valence-corrected chi connectivity index (χ2v) is 9.41. The van der Waals surface area contributed by atoms with Gasteiger partial charge in [0.15, 0.2) is 0 Å². The molecular weight excluding hydrogens is 304 g/mol. The number of rotatable bonds is 3. The first-order chi connectivity index (χ1) is 10.6. The molecule has 0 aliphatic heterocycles. The quantitative estimate of drug-likeness (QED) is 0.832. The number of nitriles is 1. The van der Waals surface area contributed by atoms with E-state index in [-0.39, 0.29) is 5.91 Å². The number of anilines is 1. The Bertz CT molecular complexity index is 644. The van der Waals surface area contributed by atoms with Crippen molar-refractivity contribution in [3.05, 3.63) is 16.0 Å². The number of nitrogens with zero attached hydrogens (tertiary/aromatic N) is 1. The van der Waals surface area contributed by atoms with Gasteiger partial charge >= 0.3 is 0 Å². The van der Waals surface area contributed by atoms with Crippen molar-refractivity contribution in [3.63, 3.8) is 0 Å². The summed E-state index contributed by atoms with van der Waals surface area (Å²) in [5.41, 5.74) is 1.73. The van der Waals surface area contributed by atoms with Crippen LogP contribution in [0.4, 0.5) is 5.00 Å². The monoisotopic (exact) mass is 332 g/mol. The van der Waals surface area contributed by atoms with E-state index >= 15 is 0 Å². The van der Waals surface area contributed by atoms with Crippen molar-refractivity contribution < 1.29 is 4.79 Å². The Balaban J connectivity index is 2.30. The first-order valence-corrected chi connectivity index (χ1v) is 9.28. The van der Waals surface area contributed by atoms with Crippen LogP contribution in [0.5, 0.6) is 0 Å². The maximum absolute atomic E-state index is 12.3. The summed E-state index contributed by atoms with van der Waals surface area (Å²) in [6.45, 7) is 12.6. The summed E-state index contributed by atoms with van der Waals surface area (Å²) in [5.74, 6) is 0.620. The fourth-order valence-electron chi connectivity index (χ4n) is 3.04. The van der Waals surface area contributed by atoms with Gasteiger partial charge in [-0.1, -0.05) is 48.0 Å². The lowest BCUT2D eigenvalue weighted by Gasteiger charge is -2.36. The zero-order chi connectivity index (χ0) is 17.4. The Kier molecular flexibility index (Phi) is 4.92. The Hall–Kier alpha value is -1.34. The van der Waals surface area contributed by atoms with Crippen LogP contribution in [0.2, 0.25) is 0 Å². The molecule has 2 rings (SSSR count). The Morgan fingerprint density at radius 1 is 1.35 bits per heavy atom. The molecule has 1 atom stereocenters. The molecule has 1 N–H and O–H groups in total. The smallest absolute Gasteiger partial charge is 0.230 e. The minimum Gasteiger partial charge on any atom is -0.316 e. The van der Waals surface area contributed by atoms with Crippen LogP contribution in [0.3, 0.4) is 0 Å². The highest BCUT2D eigenvalue weighted by Crippen LogP contribution is 2.45. The van der Waals surface area contributed by atoms with E-state index < -0.39 is 5.41 Å². The molecule has 1 aliphatic carbocycles. The van der Waals surface area contributed by atoms with Crippen LogP contribution in [0.15, 0.2) is 0 Å². The van der Waals surface area contributed by atoms with Gasteiger partial charge in [-0.2, -0.15) is 5.26 Å². The van der Waals surface area contributed by atoms with Gasteiger partial charge in [-0.3, -0.25) is 4.79 Å². The number of fused-ring (bicyclic) bond motifs is 1. The minimum atomic E-state index is -0.454. The summed E-state index contributed by atoms with van der Waals surface area (Å²) in [7, 11) is 0. The molecule has 0 spiro atoms. The fourth-order valence-corrected chi connectivity index (χ4v) is 4.31. The standard InChI is InChI=1S/C19H28N2OS/c1-7-19(5,6)12-8-9-13-14(11-20)16(23-15(13)10-12)21-17(22)18(2,3)4/h12H,7-10H2,1-6H3,(H,21,22)/t12-/m1/s1. The third kappa shape index (κ3) is 3.61. The van der Waals surface area contributed by atoms with Crippen LogP contribution < -0.4 is 5.32 Å². The average molecular weight is 333 g/mol. The van der Waals surface area contributed by atoms with Crippen molar-refractivity contribution in [2.24, 2.45) is 16.7 Å². The largest absolute Gasteiger partial charge is 0.316 e. The van der Waals surface area contributed by atoms with Gasteiger partial charge in [-0.05, 0) is 36.2 Å². The molecule has 3 nitrogen and oxygen atoms in total. The molecule has 0 fully saturated rings. The predicted molar refractivity (Wildman–Crippen MR) is 96.7 cm³/mol. The molecule has 23 heavy (non-hydrogen) atoms. The third-order valence-electron chi connectivity index (χ3n) is 5.30. The lowest BCUT2D eigenvalue weighted by Crippen LogP contribution is -2.28. The van der Waals surface area contributed by atoms with Gasteiger partial charge in [0.05, 0.1) is 5.56 Å². The van der Waals surface area contributed by atoms with Gasteiger partial charge in [0.1, 0.15) is 11.1 Å². The predicted octanol–water partition coefficient (Wildman–Crippen LogP) is 5.15. The maximum atomic E-state index is 12.3. The maximum Gasteiger partial charge on any atom is 0.230 e. The van der Waals surface area contributed by atoms with Crippen molar-refractivity contribution in [1.29, 1.82) is 5.26 Å². The van der Waals surface area contributed by atoms with Gasteiger partial charge in [-0.25, -0.2) is 0 Å². The number of carbonyl (C=O) groups excluding carboxylic acids is 1. The lowest BCUT2D eigenvalue weighted by molar-refractivity contribution is -0.123. The van der Waals surface area contributed by atoms with E-state index in [1.807, 2.05) is 20.8 Å². The topological polar surface area (TPSA) is 52.9 Å². The number of amides is 1. The van der Waals surface area contributed by atoms with Crippen LogP contribution in [-0.4, -0.2) is 5.91 Å². The highest BCUT2D eigenvalue weighted by atomic mass is 32.1. The van der Waals surface area contributed by atoms with E-state index in [4.69, 9.17) is 0 Å². The second-order valence-electron chi connectivity index (χ2n) is 8.31. The van der Waals surface area contributed by atoms with Crippen LogP contribution in [0.1, 0.15) is 70.4 Å². The Morgan fingerprint density at radius 3 is 2.52 bits per heavy atom. The normalized spacial score (nSPS) is 18.2. The number of carbonyl (C=O) groups is 1. The summed E-state index contributed by atoms with van der Waals surface area (Å²) < 4.78 is 0. The average Bonchev–Trinajstić information content (AvgIpc) is 2.82. The van der Waals surface area contributed by atoms with Crippen molar-refractivity contribution in [2.75, 3.05) is 5.32 Å². The Morgan fingerprint density at radius 2 is 2.00 bits per heavy atom. The summed E-state index contributed by atoms with van der Waals surface area (Å²) in [6.07, 6.45) is 4.28. The molecule has 0 radical (unpaired) electrons. The molecule has 1 aliphatic rings. The number of nitrogens with one attached hydrogen (secondary N) is 1. The summed E-state index contributed by atoms with van der Waals surface area (Å²) >= 11 is 1.61. The molecule has 1 aromatic heterocycles. The SMILES string of the molecule is CCC(C)(C)[C@@H]1CCc2c(sc(NC(=O)C(C)(C)C)c2C#N)C1. The number of thiophene rings is 1. The number of hydrogen-bond donors (Lipinski definition) is 1. The van der Waals surface area contributed by atoms with E-state index in [1.165, 1.54) is 10.4 Å². The first kappa shape index (κ1) is 18.0. The summed E-state index contributed by atoms with van der Waals surface area (Å²) in [5, 5.41) is 13.3. The molecule has 0 saturated carbocycles. The zero-order valence-corrected chi connectivity index (χ0v) is 16.0. The van der Waals surface area contributed by atoms with Gasteiger partial charge in [0.25, 0.3) is 0 Å². The van der Waals surface area contributed by atoms with E-state index in [0.29, 0.717) is 16.9 Å².